The second-order valence-electron chi connectivity index (χ2n) is 4.42. The Morgan fingerprint density at radius 1 is 1.68 bits per heavy atom. The van der Waals surface area contributed by atoms with Crippen molar-refractivity contribution in [2.45, 2.75) is 18.9 Å². The van der Waals surface area contributed by atoms with E-state index in [1.807, 2.05) is 6.07 Å². The van der Waals surface area contributed by atoms with E-state index in [1.54, 1.807) is 24.1 Å². The van der Waals surface area contributed by atoms with Crippen molar-refractivity contribution in [3.63, 3.8) is 0 Å². The predicted molar refractivity (Wildman–Crippen MR) is 69.6 cm³/mol. The zero-order valence-electron chi connectivity index (χ0n) is 10.8. The maximum atomic E-state index is 12.1. The summed E-state index contributed by atoms with van der Waals surface area (Å²) in [6.45, 7) is 1.29. The molecular formula is C13H16N4O2. The Kier molecular flexibility index (Phi) is 4.31. The van der Waals surface area contributed by atoms with Gasteiger partial charge in [-0.05, 0) is 25.0 Å². The number of nitrogens with one attached hydrogen (secondary N) is 1. The summed E-state index contributed by atoms with van der Waals surface area (Å²) in [5.41, 5.74) is 0.920. The van der Waals surface area contributed by atoms with E-state index in [4.69, 9.17) is 10.00 Å². The minimum absolute atomic E-state index is 0.136. The summed E-state index contributed by atoms with van der Waals surface area (Å²) < 4.78 is 5.12. The molecule has 0 aromatic carbocycles. The van der Waals surface area contributed by atoms with Crippen LogP contribution in [-0.2, 0) is 4.74 Å². The normalized spacial score (nSPS) is 18.1. The second kappa shape index (κ2) is 6.16. The smallest absolute Gasteiger partial charge is 0.322 e. The van der Waals surface area contributed by atoms with Gasteiger partial charge in [0.25, 0.3) is 0 Å². The number of rotatable bonds is 3. The number of pyridine rings is 1. The molecular weight excluding hydrogens is 244 g/mol. The zero-order valence-corrected chi connectivity index (χ0v) is 10.8. The maximum absolute atomic E-state index is 12.1. The number of hydrogen-bond acceptors (Lipinski definition) is 4. The van der Waals surface area contributed by atoms with E-state index in [0.29, 0.717) is 18.0 Å². The summed E-state index contributed by atoms with van der Waals surface area (Å²) >= 11 is 0. The van der Waals surface area contributed by atoms with E-state index in [-0.39, 0.29) is 12.1 Å². The Balaban J connectivity index is 1.98. The lowest BCUT2D eigenvalue weighted by Crippen LogP contribution is -2.40. The molecule has 19 heavy (non-hydrogen) atoms. The van der Waals surface area contributed by atoms with Gasteiger partial charge in [-0.15, -0.1) is 0 Å². The van der Waals surface area contributed by atoms with Gasteiger partial charge in [0.1, 0.15) is 11.8 Å². The first-order valence-electron chi connectivity index (χ1n) is 6.17. The van der Waals surface area contributed by atoms with Gasteiger partial charge in [0.05, 0.1) is 24.5 Å². The SMILES string of the molecule is COC[C@@H]1CCCN1C(=O)Nc1ccc(C#N)nc1. The number of hydrogen-bond donors (Lipinski definition) is 1. The summed E-state index contributed by atoms with van der Waals surface area (Å²) in [7, 11) is 1.64. The van der Waals surface area contributed by atoms with Gasteiger partial charge in [0, 0.05) is 13.7 Å². The number of carbonyl (C=O) groups excluding carboxylic acids is 1. The zero-order chi connectivity index (χ0) is 13.7. The van der Waals surface area contributed by atoms with E-state index < -0.39 is 0 Å². The summed E-state index contributed by atoms with van der Waals surface area (Å²) in [5, 5.41) is 11.4. The molecule has 1 aliphatic heterocycles. The Labute approximate surface area is 112 Å². The molecule has 6 nitrogen and oxygen atoms in total. The molecule has 0 radical (unpaired) electrons. The number of nitriles is 1. The molecule has 0 saturated carbocycles. The van der Waals surface area contributed by atoms with Crippen LogP contribution < -0.4 is 5.32 Å². The summed E-state index contributed by atoms with van der Waals surface area (Å²) in [4.78, 5) is 17.8. The lowest BCUT2D eigenvalue weighted by molar-refractivity contribution is 0.128. The average molecular weight is 260 g/mol. The van der Waals surface area contributed by atoms with Crippen molar-refractivity contribution in [2.75, 3.05) is 25.6 Å². The first-order chi connectivity index (χ1) is 9.24. The van der Waals surface area contributed by atoms with Crippen molar-refractivity contribution in [1.82, 2.24) is 9.88 Å². The van der Waals surface area contributed by atoms with Crippen LogP contribution in [0.15, 0.2) is 18.3 Å². The fourth-order valence-electron chi connectivity index (χ4n) is 2.20. The van der Waals surface area contributed by atoms with E-state index in [2.05, 4.69) is 10.3 Å². The fourth-order valence-corrected chi connectivity index (χ4v) is 2.20. The number of aromatic nitrogens is 1. The van der Waals surface area contributed by atoms with Crippen LogP contribution in [0.3, 0.4) is 0 Å². The summed E-state index contributed by atoms with van der Waals surface area (Å²) in [6.07, 6.45) is 3.44. The topological polar surface area (TPSA) is 78.2 Å². The van der Waals surface area contributed by atoms with Crippen molar-refractivity contribution < 1.29 is 9.53 Å². The molecule has 0 bridgehead atoms. The van der Waals surface area contributed by atoms with Crippen LogP contribution in [0.25, 0.3) is 0 Å². The average Bonchev–Trinajstić information content (AvgIpc) is 2.88. The molecule has 1 aliphatic rings. The van der Waals surface area contributed by atoms with Gasteiger partial charge in [-0.1, -0.05) is 0 Å². The molecule has 0 spiro atoms. The minimum atomic E-state index is -0.147. The van der Waals surface area contributed by atoms with Crippen molar-refractivity contribution in [3.05, 3.63) is 24.0 Å². The first-order valence-corrected chi connectivity index (χ1v) is 6.17. The Morgan fingerprint density at radius 3 is 3.16 bits per heavy atom. The minimum Gasteiger partial charge on any atom is -0.383 e. The monoisotopic (exact) mass is 260 g/mol. The number of carbonyl (C=O) groups is 1. The maximum Gasteiger partial charge on any atom is 0.322 e. The number of anilines is 1. The van der Waals surface area contributed by atoms with Crippen LogP contribution in [0.2, 0.25) is 0 Å². The number of urea groups is 1. The Bertz CT molecular complexity index is 480. The van der Waals surface area contributed by atoms with Crippen LogP contribution in [0.4, 0.5) is 10.5 Å². The van der Waals surface area contributed by atoms with E-state index in [1.165, 1.54) is 6.20 Å². The Morgan fingerprint density at radius 2 is 2.53 bits per heavy atom. The van der Waals surface area contributed by atoms with Crippen molar-refractivity contribution >= 4 is 11.7 Å². The molecule has 1 fully saturated rings. The van der Waals surface area contributed by atoms with Gasteiger partial charge in [0.15, 0.2) is 0 Å². The summed E-state index contributed by atoms with van der Waals surface area (Å²) in [6, 6.07) is 5.17. The van der Waals surface area contributed by atoms with E-state index in [9.17, 15) is 4.79 Å². The molecule has 0 unspecified atom stereocenters. The molecule has 0 aliphatic carbocycles. The third kappa shape index (κ3) is 3.20. The number of likely N-dealkylation sites (tertiary alicyclic amines) is 1. The Hall–Kier alpha value is -2.13. The fraction of sp³-hybridized carbons (Fsp3) is 0.462. The first kappa shape index (κ1) is 13.3. The highest BCUT2D eigenvalue weighted by Gasteiger charge is 2.28. The summed E-state index contributed by atoms with van der Waals surface area (Å²) in [5.74, 6) is 0. The predicted octanol–water partition coefficient (Wildman–Crippen LogP) is 1.60. The standard InChI is InChI=1S/C13H16N4O2/c1-19-9-12-3-2-6-17(12)13(18)16-11-5-4-10(7-14)15-8-11/h4-5,8,12H,2-3,6,9H2,1H3,(H,16,18)/t12-/m0/s1. The molecule has 1 N–H and O–H groups in total. The van der Waals surface area contributed by atoms with Crippen LogP contribution in [0, 0.1) is 11.3 Å². The molecule has 2 amide bonds. The highest BCUT2D eigenvalue weighted by atomic mass is 16.5. The quantitative estimate of drug-likeness (QED) is 0.895. The highest BCUT2D eigenvalue weighted by molar-refractivity contribution is 5.89. The molecule has 2 heterocycles. The van der Waals surface area contributed by atoms with Crippen LogP contribution in [0.1, 0.15) is 18.5 Å². The van der Waals surface area contributed by atoms with Crippen molar-refractivity contribution in [1.29, 1.82) is 5.26 Å². The van der Waals surface area contributed by atoms with Crippen molar-refractivity contribution in [2.24, 2.45) is 0 Å². The van der Waals surface area contributed by atoms with Gasteiger partial charge in [0.2, 0.25) is 0 Å². The van der Waals surface area contributed by atoms with E-state index in [0.717, 1.165) is 19.4 Å². The van der Waals surface area contributed by atoms with Crippen LogP contribution in [-0.4, -0.2) is 42.2 Å². The number of amides is 2. The lowest BCUT2D eigenvalue weighted by atomic mass is 10.2. The number of nitrogens with zero attached hydrogens (tertiary/aromatic N) is 3. The number of ether oxygens (including phenoxy) is 1. The van der Waals surface area contributed by atoms with Gasteiger partial charge in [-0.25, -0.2) is 9.78 Å². The molecule has 1 aromatic rings. The van der Waals surface area contributed by atoms with Gasteiger partial charge >= 0.3 is 6.03 Å². The van der Waals surface area contributed by atoms with Gasteiger partial charge < -0.3 is 15.0 Å². The lowest BCUT2D eigenvalue weighted by Gasteiger charge is -2.24. The van der Waals surface area contributed by atoms with E-state index >= 15 is 0 Å². The number of methoxy groups -OCH3 is 1. The molecule has 1 saturated heterocycles. The highest BCUT2D eigenvalue weighted by Crippen LogP contribution is 2.19. The second-order valence-corrected chi connectivity index (χ2v) is 4.42. The van der Waals surface area contributed by atoms with Gasteiger partial charge in [-0.2, -0.15) is 5.26 Å². The molecule has 1 aromatic heterocycles. The molecule has 100 valence electrons. The molecule has 1 atom stereocenters. The van der Waals surface area contributed by atoms with Crippen LogP contribution >= 0.6 is 0 Å². The van der Waals surface area contributed by atoms with Crippen LogP contribution in [0.5, 0.6) is 0 Å². The molecule has 6 heteroatoms. The third-order valence-electron chi connectivity index (χ3n) is 3.13. The van der Waals surface area contributed by atoms with Crippen molar-refractivity contribution in [3.8, 4) is 6.07 Å². The largest absolute Gasteiger partial charge is 0.383 e. The van der Waals surface area contributed by atoms with Gasteiger partial charge in [-0.3, -0.25) is 0 Å². The molecule has 2 rings (SSSR count). The third-order valence-corrected chi connectivity index (χ3v) is 3.13.